The highest BCUT2D eigenvalue weighted by Crippen LogP contribution is 2.50. The molecule has 3 heterocycles. The summed E-state index contributed by atoms with van der Waals surface area (Å²) in [5.74, 6) is 1.73. The number of hydrogen-bond acceptors (Lipinski definition) is 3. The van der Waals surface area contributed by atoms with E-state index in [0.717, 1.165) is 28.6 Å². The lowest BCUT2D eigenvalue weighted by molar-refractivity contribution is 0.477. The van der Waals surface area contributed by atoms with Gasteiger partial charge in [0, 0.05) is 22.1 Å². The molecule has 1 aliphatic rings. The number of fused-ring (bicyclic) bond motifs is 5. The summed E-state index contributed by atoms with van der Waals surface area (Å²) in [5, 5.41) is 4.79. The van der Waals surface area contributed by atoms with E-state index in [1.54, 1.807) is 11.3 Å². The lowest BCUT2D eigenvalue weighted by Gasteiger charge is -2.32. The van der Waals surface area contributed by atoms with Crippen LogP contribution in [0.4, 0.5) is 17.1 Å². The average molecular weight is 507 g/mol. The van der Waals surface area contributed by atoms with Gasteiger partial charge in [-0.3, -0.25) is 0 Å². The quantitative estimate of drug-likeness (QED) is 0.237. The topological polar surface area (TPSA) is 17.4 Å². The molecule has 180 valence electrons. The van der Waals surface area contributed by atoms with E-state index in [-0.39, 0.29) is 0 Å². The molecule has 0 spiro atoms. The van der Waals surface area contributed by atoms with Gasteiger partial charge >= 0.3 is 0 Å². The summed E-state index contributed by atoms with van der Waals surface area (Å²) in [6, 6.07) is 44.9. The van der Waals surface area contributed by atoms with Crippen LogP contribution >= 0.6 is 11.3 Å². The Kier molecular flexibility index (Phi) is 4.69. The molecule has 0 radical (unpaired) electrons. The SMILES string of the molecule is c1ccc2c(c1)Oc1ccccc1N2c1ccc(-c2ccc(-n3c4ccccc4c4ccsc43)cc2)cc1. The normalized spacial score (nSPS) is 12.4. The van der Waals surface area contributed by atoms with E-state index >= 15 is 0 Å². The summed E-state index contributed by atoms with van der Waals surface area (Å²) in [6.07, 6.45) is 0. The van der Waals surface area contributed by atoms with Gasteiger partial charge in [-0.15, -0.1) is 11.3 Å². The third-order valence-electron chi connectivity index (χ3n) is 7.30. The fourth-order valence-corrected chi connectivity index (χ4v) is 6.48. The van der Waals surface area contributed by atoms with Crippen molar-refractivity contribution in [3.05, 3.63) is 133 Å². The first-order valence-electron chi connectivity index (χ1n) is 12.7. The second-order valence-electron chi connectivity index (χ2n) is 9.46. The molecule has 0 N–H and O–H groups in total. The van der Waals surface area contributed by atoms with Crippen molar-refractivity contribution in [1.29, 1.82) is 0 Å². The van der Waals surface area contributed by atoms with Gasteiger partial charge in [0.15, 0.2) is 11.5 Å². The van der Waals surface area contributed by atoms with E-state index in [1.165, 1.54) is 37.9 Å². The summed E-state index contributed by atoms with van der Waals surface area (Å²) in [7, 11) is 0. The van der Waals surface area contributed by atoms with Crippen LogP contribution in [0.1, 0.15) is 0 Å². The number of nitrogens with zero attached hydrogens (tertiary/aromatic N) is 2. The van der Waals surface area contributed by atoms with Crippen molar-refractivity contribution in [2.45, 2.75) is 0 Å². The van der Waals surface area contributed by atoms with E-state index in [1.807, 2.05) is 24.3 Å². The van der Waals surface area contributed by atoms with Crippen LogP contribution in [0.2, 0.25) is 0 Å². The van der Waals surface area contributed by atoms with Crippen LogP contribution < -0.4 is 9.64 Å². The van der Waals surface area contributed by atoms with Gasteiger partial charge in [-0.2, -0.15) is 0 Å². The van der Waals surface area contributed by atoms with E-state index in [9.17, 15) is 0 Å². The van der Waals surface area contributed by atoms with Crippen LogP contribution in [0.15, 0.2) is 133 Å². The first-order chi connectivity index (χ1) is 18.8. The van der Waals surface area contributed by atoms with Crippen molar-refractivity contribution < 1.29 is 4.74 Å². The summed E-state index contributed by atoms with van der Waals surface area (Å²) < 4.78 is 8.54. The highest BCUT2D eigenvalue weighted by Gasteiger charge is 2.25. The fraction of sp³-hybridized carbons (Fsp3) is 0. The molecule has 8 rings (SSSR count). The molecule has 0 saturated heterocycles. The van der Waals surface area contributed by atoms with Gasteiger partial charge in [-0.25, -0.2) is 0 Å². The highest BCUT2D eigenvalue weighted by atomic mass is 32.1. The largest absolute Gasteiger partial charge is 0.453 e. The number of benzene rings is 5. The molecule has 0 bridgehead atoms. The Labute approximate surface area is 224 Å². The predicted octanol–water partition coefficient (Wildman–Crippen LogP) is 10.1. The molecule has 0 fully saturated rings. The Morgan fingerprint density at radius 1 is 0.500 bits per heavy atom. The fourth-order valence-electron chi connectivity index (χ4n) is 5.53. The highest BCUT2D eigenvalue weighted by molar-refractivity contribution is 7.17. The molecule has 0 amide bonds. The van der Waals surface area contributed by atoms with Gasteiger partial charge in [0.05, 0.1) is 16.9 Å². The number of hydrogen-bond donors (Lipinski definition) is 0. The van der Waals surface area contributed by atoms with E-state index in [0.29, 0.717) is 0 Å². The Balaban J connectivity index is 1.16. The second-order valence-corrected chi connectivity index (χ2v) is 10.4. The van der Waals surface area contributed by atoms with Crippen LogP contribution in [0.25, 0.3) is 37.9 Å². The Morgan fingerprint density at radius 3 is 1.76 bits per heavy atom. The lowest BCUT2D eigenvalue weighted by Crippen LogP contribution is -2.15. The van der Waals surface area contributed by atoms with E-state index in [2.05, 4.69) is 118 Å². The van der Waals surface area contributed by atoms with Crippen LogP contribution in [0.3, 0.4) is 0 Å². The van der Waals surface area contributed by atoms with Crippen LogP contribution in [0, 0.1) is 0 Å². The molecule has 0 saturated carbocycles. The molecule has 5 aromatic carbocycles. The number of para-hydroxylation sites is 5. The zero-order valence-corrected chi connectivity index (χ0v) is 21.2. The van der Waals surface area contributed by atoms with Crippen molar-refractivity contribution in [2.24, 2.45) is 0 Å². The van der Waals surface area contributed by atoms with Gasteiger partial charge in [-0.05, 0) is 77.2 Å². The van der Waals surface area contributed by atoms with Crippen molar-refractivity contribution >= 4 is 49.5 Å². The van der Waals surface area contributed by atoms with Crippen LogP contribution in [-0.2, 0) is 0 Å². The van der Waals surface area contributed by atoms with Gasteiger partial charge in [0.25, 0.3) is 0 Å². The first-order valence-corrected chi connectivity index (χ1v) is 13.6. The molecule has 1 aliphatic heterocycles. The summed E-state index contributed by atoms with van der Waals surface area (Å²) >= 11 is 1.79. The third-order valence-corrected chi connectivity index (χ3v) is 8.20. The number of anilines is 3. The lowest BCUT2D eigenvalue weighted by atomic mass is 10.0. The maximum atomic E-state index is 6.17. The van der Waals surface area contributed by atoms with Crippen molar-refractivity contribution in [3.8, 4) is 28.3 Å². The predicted molar refractivity (Wildman–Crippen MR) is 159 cm³/mol. The molecule has 2 aromatic heterocycles. The number of aromatic nitrogens is 1. The summed E-state index contributed by atoms with van der Waals surface area (Å²) in [5.41, 5.74) is 8.01. The van der Waals surface area contributed by atoms with Crippen molar-refractivity contribution in [3.63, 3.8) is 0 Å². The van der Waals surface area contributed by atoms with Gasteiger partial charge in [-0.1, -0.05) is 66.7 Å². The third kappa shape index (κ3) is 3.21. The summed E-state index contributed by atoms with van der Waals surface area (Å²) in [6.45, 7) is 0. The smallest absolute Gasteiger partial charge is 0.151 e. The maximum Gasteiger partial charge on any atom is 0.151 e. The number of thiophene rings is 1. The Morgan fingerprint density at radius 2 is 1.08 bits per heavy atom. The van der Waals surface area contributed by atoms with Gasteiger partial charge in [0.2, 0.25) is 0 Å². The Bertz CT molecular complexity index is 1900. The molecular weight excluding hydrogens is 484 g/mol. The van der Waals surface area contributed by atoms with Gasteiger partial charge < -0.3 is 14.2 Å². The second kappa shape index (κ2) is 8.37. The average Bonchev–Trinajstić information content (AvgIpc) is 3.57. The standard InChI is InChI=1S/C34H22N2OS/c1-2-8-29-27(7-1)28-21-22-38-34(28)36(29)26-19-15-24(16-20-26)23-13-17-25(18-14-23)35-30-9-3-5-11-32(30)37-33-12-6-4-10-31(33)35/h1-22H. The molecule has 0 atom stereocenters. The molecule has 4 heteroatoms. The van der Waals surface area contributed by atoms with E-state index < -0.39 is 0 Å². The van der Waals surface area contributed by atoms with E-state index in [4.69, 9.17) is 4.74 Å². The minimum atomic E-state index is 0.864. The molecule has 3 nitrogen and oxygen atoms in total. The van der Waals surface area contributed by atoms with Crippen LogP contribution in [0.5, 0.6) is 11.5 Å². The molecular formula is C34H22N2OS. The number of rotatable bonds is 3. The zero-order chi connectivity index (χ0) is 25.1. The minimum Gasteiger partial charge on any atom is -0.453 e. The van der Waals surface area contributed by atoms with Crippen LogP contribution in [-0.4, -0.2) is 4.57 Å². The maximum absolute atomic E-state index is 6.17. The van der Waals surface area contributed by atoms with Gasteiger partial charge in [0.1, 0.15) is 4.83 Å². The molecule has 0 aliphatic carbocycles. The number of ether oxygens (including phenoxy) is 1. The van der Waals surface area contributed by atoms with Crippen molar-refractivity contribution in [2.75, 3.05) is 4.90 Å². The van der Waals surface area contributed by atoms with Crippen molar-refractivity contribution in [1.82, 2.24) is 4.57 Å². The Hall–Kier alpha value is -4.80. The first kappa shape index (κ1) is 21.3. The minimum absolute atomic E-state index is 0.864. The monoisotopic (exact) mass is 506 g/mol. The molecule has 7 aromatic rings. The summed E-state index contributed by atoms with van der Waals surface area (Å²) in [4.78, 5) is 3.55. The zero-order valence-electron chi connectivity index (χ0n) is 20.4. The molecule has 0 unspecified atom stereocenters. The molecule has 38 heavy (non-hydrogen) atoms.